The average Bonchev–Trinajstić information content (AvgIpc) is 3.43. The fourth-order valence-corrected chi connectivity index (χ4v) is 3.68. The smallest absolute Gasteiger partial charge is 0.337 e. The highest BCUT2D eigenvalue weighted by atomic mass is 16.7. The standard InChI is InChI=1S/C21H19N3O4/c1-26-21(25)14-4-6-15-16(10-14)23-20(24-8-2-3-9-24)19(22-15)13-5-7-17-18(11-13)28-12-27-17/h4-7,10-11H,2-3,8-9,12H2,1H3. The molecule has 0 saturated carbocycles. The molecule has 0 amide bonds. The quantitative estimate of drug-likeness (QED) is 0.648. The van der Waals surface area contributed by atoms with Crippen molar-refractivity contribution in [3.8, 4) is 22.8 Å². The fraction of sp³-hybridized carbons (Fsp3) is 0.286. The topological polar surface area (TPSA) is 73.8 Å². The minimum Gasteiger partial charge on any atom is -0.465 e. The van der Waals surface area contributed by atoms with Crippen molar-refractivity contribution in [2.24, 2.45) is 0 Å². The Kier molecular flexibility index (Phi) is 4.00. The molecule has 0 spiro atoms. The van der Waals surface area contributed by atoms with E-state index in [4.69, 9.17) is 24.2 Å². The minimum atomic E-state index is -0.383. The van der Waals surface area contributed by atoms with E-state index in [1.165, 1.54) is 7.11 Å². The molecular weight excluding hydrogens is 358 g/mol. The van der Waals surface area contributed by atoms with E-state index in [0.717, 1.165) is 54.3 Å². The van der Waals surface area contributed by atoms with Gasteiger partial charge in [0.2, 0.25) is 6.79 Å². The van der Waals surface area contributed by atoms with Gasteiger partial charge in [0.05, 0.1) is 23.7 Å². The molecule has 0 atom stereocenters. The Morgan fingerprint density at radius 1 is 1.00 bits per heavy atom. The molecule has 1 aromatic heterocycles. The highest BCUT2D eigenvalue weighted by molar-refractivity contribution is 5.94. The van der Waals surface area contributed by atoms with Crippen LogP contribution in [0.3, 0.4) is 0 Å². The zero-order valence-electron chi connectivity index (χ0n) is 15.5. The maximum Gasteiger partial charge on any atom is 0.337 e. The van der Waals surface area contributed by atoms with Gasteiger partial charge in [-0.05, 0) is 49.2 Å². The summed E-state index contributed by atoms with van der Waals surface area (Å²) in [7, 11) is 1.37. The molecule has 142 valence electrons. The van der Waals surface area contributed by atoms with Crippen molar-refractivity contribution >= 4 is 22.8 Å². The SMILES string of the molecule is COC(=O)c1ccc2nc(-c3ccc4c(c3)OCO4)c(N3CCCC3)nc2c1. The molecule has 7 nitrogen and oxygen atoms in total. The molecule has 0 aliphatic carbocycles. The summed E-state index contributed by atoms with van der Waals surface area (Å²) in [4.78, 5) is 23.9. The predicted octanol–water partition coefficient (Wildman–Crippen LogP) is 3.41. The molecule has 0 radical (unpaired) electrons. The van der Waals surface area contributed by atoms with Crippen LogP contribution in [0.2, 0.25) is 0 Å². The number of aromatic nitrogens is 2. The number of methoxy groups -OCH3 is 1. The summed E-state index contributed by atoms with van der Waals surface area (Å²) in [6.07, 6.45) is 2.25. The van der Waals surface area contributed by atoms with E-state index in [1.807, 2.05) is 18.2 Å². The van der Waals surface area contributed by atoms with E-state index in [9.17, 15) is 4.79 Å². The molecular formula is C21H19N3O4. The van der Waals surface area contributed by atoms with E-state index in [2.05, 4.69) is 4.90 Å². The van der Waals surface area contributed by atoms with Crippen molar-refractivity contribution in [1.29, 1.82) is 0 Å². The summed E-state index contributed by atoms with van der Waals surface area (Å²) < 4.78 is 15.8. The number of carbonyl (C=O) groups excluding carboxylic acids is 1. The van der Waals surface area contributed by atoms with Gasteiger partial charge in [-0.15, -0.1) is 0 Å². The van der Waals surface area contributed by atoms with Gasteiger partial charge in [0, 0.05) is 18.7 Å². The maximum absolute atomic E-state index is 11.9. The Hall–Kier alpha value is -3.35. The highest BCUT2D eigenvalue weighted by Crippen LogP contribution is 2.38. The number of benzene rings is 2. The number of fused-ring (bicyclic) bond motifs is 2. The van der Waals surface area contributed by atoms with Crippen LogP contribution in [0.5, 0.6) is 11.5 Å². The van der Waals surface area contributed by atoms with Gasteiger partial charge in [-0.25, -0.2) is 14.8 Å². The van der Waals surface area contributed by atoms with Crippen LogP contribution >= 0.6 is 0 Å². The van der Waals surface area contributed by atoms with Gasteiger partial charge in [-0.2, -0.15) is 0 Å². The molecule has 3 aromatic rings. The number of ether oxygens (including phenoxy) is 3. The zero-order valence-corrected chi connectivity index (χ0v) is 15.5. The first-order valence-corrected chi connectivity index (χ1v) is 9.28. The van der Waals surface area contributed by atoms with Crippen molar-refractivity contribution in [3.63, 3.8) is 0 Å². The highest BCUT2D eigenvalue weighted by Gasteiger charge is 2.23. The lowest BCUT2D eigenvalue weighted by Crippen LogP contribution is -2.20. The number of hydrogen-bond donors (Lipinski definition) is 0. The molecule has 0 unspecified atom stereocenters. The summed E-state index contributed by atoms with van der Waals surface area (Å²) in [6, 6.07) is 11.1. The first kappa shape index (κ1) is 16.8. The fourth-order valence-electron chi connectivity index (χ4n) is 3.68. The Balaban J connectivity index is 1.68. The number of carbonyl (C=O) groups is 1. The molecule has 2 aliphatic heterocycles. The minimum absolute atomic E-state index is 0.234. The molecule has 28 heavy (non-hydrogen) atoms. The van der Waals surface area contributed by atoms with Crippen LogP contribution in [-0.4, -0.2) is 42.9 Å². The van der Waals surface area contributed by atoms with Crippen LogP contribution in [0.1, 0.15) is 23.2 Å². The number of hydrogen-bond acceptors (Lipinski definition) is 7. The van der Waals surface area contributed by atoms with Gasteiger partial charge in [0.1, 0.15) is 5.69 Å². The van der Waals surface area contributed by atoms with E-state index in [1.54, 1.807) is 18.2 Å². The average molecular weight is 377 g/mol. The van der Waals surface area contributed by atoms with Gasteiger partial charge < -0.3 is 19.1 Å². The van der Waals surface area contributed by atoms with Crippen LogP contribution in [0.15, 0.2) is 36.4 Å². The van der Waals surface area contributed by atoms with Crippen molar-refractivity contribution in [1.82, 2.24) is 9.97 Å². The van der Waals surface area contributed by atoms with Gasteiger partial charge in [-0.3, -0.25) is 0 Å². The first-order chi connectivity index (χ1) is 13.7. The molecule has 7 heteroatoms. The van der Waals surface area contributed by atoms with Crippen LogP contribution in [0.4, 0.5) is 5.82 Å². The van der Waals surface area contributed by atoms with Crippen LogP contribution < -0.4 is 14.4 Å². The Bertz CT molecular complexity index is 1080. The van der Waals surface area contributed by atoms with Crippen LogP contribution in [0, 0.1) is 0 Å². The Morgan fingerprint density at radius 2 is 1.82 bits per heavy atom. The lowest BCUT2D eigenvalue weighted by atomic mass is 10.1. The van der Waals surface area contributed by atoms with E-state index >= 15 is 0 Å². The third-order valence-corrected chi connectivity index (χ3v) is 5.12. The summed E-state index contributed by atoms with van der Waals surface area (Å²) >= 11 is 0. The second-order valence-electron chi connectivity index (χ2n) is 6.85. The Morgan fingerprint density at radius 3 is 2.64 bits per heavy atom. The zero-order chi connectivity index (χ0) is 19.1. The number of esters is 1. The second kappa shape index (κ2) is 6.67. The predicted molar refractivity (Wildman–Crippen MR) is 104 cm³/mol. The van der Waals surface area contributed by atoms with Gasteiger partial charge in [0.15, 0.2) is 17.3 Å². The summed E-state index contributed by atoms with van der Waals surface area (Å²) in [5.41, 5.74) is 3.60. The molecule has 1 saturated heterocycles. The molecule has 5 rings (SSSR count). The monoisotopic (exact) mass is 377 g/mol. The normalized spacial score (nSPS) is 15.2. The summed E-state index contributed by atoms with van der Waals surface area (Å²) in [6.45, 7) is 2.11. The maximum atomic E-state index is 11.9. The summed E-state index contributed by atoms with van der Waals surface area (Å²) in [5, 5.41) is 0. The molecule has 2 aromatic carbocycles. The second-order valence-corrected chi connectivity index (χ2v) is 6.85. The van der Waals surface area contributed by atoms with Crippen molar-refractivity contribution < 1.29 is 19.0 Å². The number of rotatable bonds is 3. The number of anilines is 1. The van der Waals surface area contributed by atoms with Crippen molar-refractivity contribution in [3.05, 3.63) is 42.0 Å². The lowest BCUT2D eigenvalue weighted by molar-refractivity contribution is 0.0601. The van der Waals surface area contributed by atoms with Crippen LogP contribution in [0.25, 0.3) is 22.3 Å². The number of nitrogens with zero attached hydrogens (tertiary/aromatic N) is 3. The third kappa shape index (κ3) is 2.79. The van der Waals surface area contributed by atoms with Gasteiger partial charge in [-0.1, -0.05) is 0 Å². The summed E-state index contributed by atoms with van der Waals surface area (Å²) in [5.74, 6) is 1.90. The van der Waals surface area contributed by atoms with Crippen LogP contribution in [-0.2, 0) is 4.74 Å². The molecule has 2 aliphatic rings. The van der Waals surface area contributed by atoms with E-state index in [0.29, 0.717) is 16.8 Å². The van der Waals surface area contributed by atoms with Gasteiger partial charge in [0.25, 0.3) is 0 Å². The first-order valence-electron chi connectivity index (χ1n) is 9.28. The van der Waals surface area contributed by atoms with Crippen molar-refractivity contribution in [2.45, 2.75) is 12.8 Å². The molecule has 3 heterocycles. The Labute approximate surface area is 161 Å². The molecule has 1 fully saturated rings. The molecule has 0 N–H and O–H groups in total. The largest absolute Gasteiger partial charge is 0.465 e. The third-order valence-electron chi connectivity index (χ3n) is 5.12. The van der Waals surface area contributed by atoms with E-state index in [-0.39, 0.29) is 12.8 Å². The lowest BCUT2D eigenvalue weighted by Gasteiger charge is -2.20. The van der Waals surface area contributed by atoms with Crippen molar-refractivity contribution in [2.75, 3.05) is 31.9 Å². The van der Waals surface area contributed by atoms with E-state index < -0.39 is 0 Å². The molecule has 0 bridgehead atoms. The van der Waals surface area contributed by atoms with Gasteiger partial charge >= 0.3 is 5.97 Å².